The van der Waals surface area contributed by atoms with E-state index in [0.717, 1.165) is 11.0 Å². The molecule has 1 aliphatic rings. The number of fused-ring (bicyclic) bond motifs is 1. The van der Waals surface area contributed by atoms with Crippen molar-refractivity contribution in [3.05, 3.63) is 24.0 Å². The van der Waals surface area contributed by atoms with Crippen molar-refractivity contribution in [2.75, 3.05) is 5.73 Å². The SMILES string of the molecule is N#Cc1cn(C2CCC2)c2ncc(N)cc12. The van der Waals surface area contributed by atoms with E-state index in [4.69, 9.17) is 11.0 Å². The van der Waals surface area contributed by atoms with Gasteiger partial charge in [0.25, 0.3) is 0 Å². The highest BCUT2D eigenvalue weighted by molar-refractivity contribution is 5.85. The lowest BCUT2D eigenvalue weighted by Crippen LogP contribution is -2.16. The lowest BCUT2D eigenvalue weighted by molar-refractivity contribution is 0.320. The van der Waals surface area contributed by atoms with Crippen LogP contribution in [0.25, 0.3) is 11.0 Å². The zero-order valence-electron chi connectivity index (χ0n) is 8.85. The van der Waals surface area contributed by atoms with Crippen LogP contribution in [0.5, 0.6) is 0 Å². The molecule has 0 spiro atoms. The maximum absolute atomic E-state index is 9.08. The average molecular weight is 212 g/mol. The van der Waals surface area contributed by atoms with Crippen LogP contribution in [0.1, 0.15) is 30.9 Å². The molecule has 2 N–H and O–H groups in total. The van der Waals surface area contributed by atoms with E-state index in [1.165, 1.54) is 19.3 Å². The fourth-order valence-corrected chi connectivity index (χ4v) is 2.18. The molecule has 3 rings (SSSR count). The van der Waals surface area contributed by atoms with E-state index in [9.17, 15) is 0 Å². The second-order valence-corrected chi connectivity index (χ2v) is 4.29. The van der Waals surface area contributed by atoms with Crippen LogP contribution in [0.4, 0.5) is 5.69 Å². The van der Waals surface area contributed by atoms with Crippen LogP contribution in [0.15, 0.2) is 18.5 Å². The normalized spacial score (nSPS) is 15.9. The lowest BCUT2D eigenvalue weighted by Gasteiger charge is -2.27. The number of nitrogen functional groups attached to an aromatic ring is 1. The fourth-order valence-electron chi connectivity index (χ4n) is 2.18. The number of hydrogen-bond acceptors (Lipinski definition) is 3. The van der Waals surface area contributed by atoms with Crippen LogP contribution in [0, 0.1) is 11.3 Å². The highest BCUT2D eigenvalue weighted by Gasteiger charge is 2.22. The van der Waals surface area contributed by atoms with Gasteiger partial charge in [-0.15, -0.1) is 0 Å². The first-order valence-electron chi connectivity index (χ1n) is 5.46. The Hall–Kier alpha value is -2.02. The molecule has 1 saturated carbocycles. The van der Waals surface area contributed by atoms with Gasteiger partial charge in [0.1, 0.15) is 11.7 Å². The molecule has 0 aliphatic heterocycles. The van der Waals surface area contributed by atoms with Gasteiger partial charge in [0, 0.05) is 17.6 Å². The van der Waals surface area contributed by atoms with Crippen LogP contribution in [-0.4, -0.2) is 9.55 Å². The van der Waals surface area contributed by atoms with Gasteiger partial charge < -0.3 is 10.3 Å². The molecule has 80 valence electrons. The predicted octanol–water partition coefficient (Wildman–Crippen LogP) is 2.22. The zero-order chi connectivity index (χ0) is 11.1. The van der Waals surface area contributed by atoms with Crippen molar-refractivity contribution < 1.29 is 0 Å². The summed E-state index contributed by atoms with van der Waals surface area (Å²) in [5.41, 5.74) is 7.86. The Balaban J connectivity index is 2.26. The largest absolute Gasteiger partial charge is 0.397 e. The van der Waals surface area contributed by atoms with Crippen molar-refractivity contribution in [3.8, 4) is 6.07 Å². The van der Waals surface area contributed by atoms with Crippen LogP contribution >= 0.6 is 0 Å². The molecule has 2 heterocycles. The molecular formula is C12H12N4. The van der Waals surface area contributed by atoms with Gasteiger partial charge >= 0.3 is 0 Å². The second-order valence-electron chi connectivity index (χ2n) is 4.29. The van der Waals surface area contributed by atoms with E-state index >= 15 is 0 Å². The Morgan fingerprint density at radius 3 is 2.94 bits per heavy atom. The minimum absolute atomic E-state index is 0.515. The summed E-state index contributed by atoms with van der Waals surface area (Å²) in [4.78, 5) is 4.34. The van der Waals surface area contributed by atoms with Gasteiger partial charge in [-0.1, -0.05) is 0 Å². The first-order chi connectivity index (χ1) is 7.79. The summed E-state index contributed by atoms with van der Waals surface area (Å²) >= 11 is 0. The zero-order valence-corrected chi connectivity index (χ0v) is 8.85. The average Bonchev–Trinajstić information content (AvgIpc) is 2.54. The Morgan fingerprint density at radius 2 is 2.31 bits per heavy atom. The second kappa shape index (κ2) is 3.24. The topological polar surface area (TPSA) is 67.6 Å². The molecule has 0 saturated heterocycles. The molecule has 0 bridgehead atoms. The monoisotopic (exact) mass is 212 g/mol. The first kappa shape index (κ1) is 9.22. The molecule has 0 aromatic carbocycles. The number of rotatable bonds is 1. The first-order valence-corrected chi connectivity index (χ1v) is 5.46. The third-order valence-electron chi connectivity index (χ3n) is 3.28. The number of nitriles is 1. The summed E-state index contributed by atoms with van der Waals surface area (Å²) in [7, 11) is 0. The van der Waals surface area contributed by atoms with E-state index in [-0.39, 0.29) is 0 Å². The standard InChI is InChI=1S/C12H12N4/c13-5-8-7-16(10-2-1-3-10)12-11(8)4-9(14)6-15-12/h4,6-7,10H,1-3,14H2. The number of aromatic nitrogens is 2. The van der Waals surface area contributed by atoms with Crippen LogP contribution in [-0.2, 0) is 0 Å². The maximum Gasteiger partial charge on any atom is 0.141 e. The number of nitrogens with two attached hydrogens (primary N) is 1. The number of hydrogen-bond donors (Lipinski definition) is 1. The molecule has 2 aromatic rings. The highest BCUT2D eigenvalue weighted by atomic mass is 15.1. The van der Waals surface area contributed by atoms with Crippen LogP contribution in [0.2, 0.25) is 0 Å². The maximum atomic E-state index is 9.08. The van der Waals surface area contributed by atoms with Crippen LogP contribution < -0.4 is 5.73 Å². The Bertz CT molecular complexity index is 587. The molecule has 1 aliphatic carbocycles. The van der Waals surface area contributed by atoms with Crippen molar-refractivity contribution in [1.29, 1.82) is 5.26 Å². The van der Waals surface area contributed by atoms with Crippen molar-refractivity contribution in [2.24, 2.45) is 0 Å². The van der Waals surface area contributed by atoms with Crippen molar-refractivity contribution in [3.63, 3.8) is 0 Å². The molecule has 0 amide bonds. The summed E-state index contributed by atoms with van der Waals surface area (Å²) in [5, 5.41) is 9.95. The van der Waals surface area contributed by atoms with Gasteiger partial charge in [-0.3, -0.25) is 0 Å². The molecular weight excluding hydrogens is 200 g/mol. The van der Waals surface area contributed by atoms with Gasteiger partial charge in [0.2, 0.25) is 0 Å². The van der Waals surface area contributed by atoms with E-state index in [1.54, 1.807) is 6.20 Å². The van der Waals surface area contributed by atoms with E-state index in [1.807, 2.05) is 12.3 Å². The minimum Gasteiger partial charge on any atom is -0.397 e. The molecule has 0 unspecified atom stereocenters. The predicted molar refractivity (Wildman–Crippen MR) is 61.7 cm³/mol. The summed E-state index contributed by atoms with van der Waals surface area (Å²) in [6.07, 6.45) is 7.18. The molecule has 2 aromatic heterocycles. The van der Waals surface area contributed by atoms with Gasteiger partial charge in [0.15, 0.2) is 0 Å². The van der Waals surface area contributed by atoms with Crippen molar-refractivity contribution >= 4 is 16.7 Å². The summed E-state index contributed by atoms with van der Waals surface area (Å²) in [6.45, 7) is 0. The third-order valence-corrected chi connectivity index (χ3v) is 3.28. The minimum atomic E-state index is 0.515. The molecule has 0 radical (unpaired) electrons. The highest BCUT2D eigenvalue weighted by Crippen LogP contribution is 2.35. The molecule has 1 fully saturated rings. The van der Waals surface area contributed by atoms with E-state index in [0.29, 0.717) is 17.3 Å². The Morgan fingerprint density at radius 1 is 1.50 bits per heavy atom. The van der Waals surface area contributed by atoms with Gasteiger partial charge in [-0.2, -0.15) is 5.26 Å². The van der Waals surface area contributed by atoms with E-state index in [2.05, 4.69) is 15.6 Å². The summed E-state index contributed by atoms with van der Waals surface area (Å²) < 4.78 is 2.12. The third kappa shape index (κ3) is 1.18. The fraction of sp³-hybridized carbons (Fsp3) is 0.333. The smallest absolute Gasteiger partial charge is 0.141 e. The number of pyridine rings is 1. The lowest BCUT2D eigenvalue weighted by atomic mass is 9.93. The van der Waals surface area contributed by atoms with Crippen LogP contribution in [0.3, 0.4) is 0 Å². The Kier molecular flexibility index (Phi) is 1.87. The van der Waals surface area contributed by atoms with Gasteiger partial charge in [0.05, 0.1) is 17.4 Å². The van der Waals surface area contributed by atoms with Gasteiger partial charge in [-0.05, 0) is 25.3 Å². The number of anilines is 1. The Labute approximate surface area is 93.3 Å². The van der Waals surface area contributed by atoms with Crippen molar-refractivity contribution in [1.82, 2.24) is 9.55 Å². The summed E-state index contributed by atoms with van der Waals surface area (Å²) in [6, 6.07) is 4.55. The number of nitrogens with zero attached hydrogens (tertiary/aromatic N) is 3. The van der Waals surface area contributed by atoms with E-state index < -0.39 is 0 Å². The van der Waals surface area contributed by atoms with Gasteiger partial charge in [-0.25, -0.2) is 4.98 Å². The molecule has 16 heavy (non-hydrogen) atoms. The quantitative estimate of drug-likeness (QED) is 0.788. The summed E-state index contributed by atoms with van der Waals surface area (Å²) in [5.74, 6) is 0. The molecule has 4 heteroatoms. The molecule has 0 atom stereocenters. The molecule has 4 nitrogen and oxygen atoms in total. The van der Waals surface area contributed by atoms with Crippen molar-refractivity contribution in [2.45, 2.75) is 25.3 Å².